The predicted octanol–water partition coefficient (Wildman–Crippen LogP) is 2.27. The molecule has 0 amide bonds. The molecule has 0 aliphatic carbocycles. The molecule has 1 aliphatic rings. The van der Waals surface area contributed by atoms with Crippen LogP contribution in [0.3, 0.4) is 0 Å². The molecule has 1 aromatic rings. The summed E-state index contributed by atoms with van der Waals surface area (Å²) in [7, 11) is 6.02. The van der Waals surface area contributed by atoms with Crippen molar-refractivity contribution in [3.63, 3.8) is 0 Å². The summed E-state index contributed by atoms with van der Waals surface area (Å²) in [5.41, 5.74) is 1.66. The van der Waals surface area contributed by atoms with E-state index in [1.165, 1.54) is 37.9 Å². The molecule has 0 radical (unpaired) electrons. The van der Waals surface area contributed by atoms with E-state index in [4.69, 9.17) is 4.74 Å². The van der Waals surface area contributed by atoms with Gasteiger partial charge >= 0.3 is 0 Å². The van der Waals surface area contributed by atoms with Crippen LogP contribution in [0.25, 0.3) is 0 Å². The van der Waals surface area contributed by atoms with Gasteiger partial charge in [-0.25, -0.2) is 0 Å². The molecule has 1 heterocycles. The SMILES string of the molecule is CNCC1(c2cccc(OC)c2)CCCN(C)CC1. The molecule has 0 saturated carbocycles. The van der Waals surface area contributed by atoms with Gasteiger partial charge < -0.3 is 15.0 Å². The molecule has 3 nitrogen and oxygen atoms in total. The van der Waals surface area contributed by atoms with Crippen LogP contribution in [0, 0.1) is 0 Å². The summed E-state index contributed by atoms with van der Waals surface area (Å²) in [5, 5.41) is 3.40. The zero-order valence-electron chi connectivity index (χ0n) is 12.4. The number of ether oxygens (including phenoxy) is 1. The number of nitrogens with one attached hydrogen (secondary N) is 1. The molecule has 1 atom stereocenters. The number of nitrogens with zero attached hydrogens (tertiary/aromatic N) is 1. The van der Waals surface area contributed by atoms with Gasteiger partial charge in [0.1, 0.15) is 5.75 Å². The van der Waals surface area contributed by atoms with Gasteiger partial charge in [0.2, 0.25) is 0 Å². The van der Waals surface area contributed by atoms with Crippen molar-refractivity contribution in [1.82, 2.24) is 10.2 Å². The van der Waals surface area contributed by atoms with E-state index in [9.17, 15) is 0 Å². The van der Waals surface area contributed by atoms with E-state index < -0.39 is 0 Å². The fourth-order valence-electron chi connectivity index (χ4n) is 3.19. The molecule has 0 aromatic heterocycles. The molecule has 1 N–H and O–H groups in total. The van der Waals surface area contributed by atoms with Gasteiger partial charge in [0, 0.05) is 12.0 Å². The molecule has 106 valence electrons. The minimum Gasteiger partial charge on any atom is -0.497 e. The summed E-state index contributed by atoms with van der Waals surface area (Å²) in [4.78, 5) is 2.44. The van der Waals surface area contributed by atoms with E-state index in [0.717, 1.165) is 12.3 Å². The fourth-order valence-corrected chi connectivity index (χ4v) is 3.19. The van der Waals surface area contributed by atoms with Crippen molar-refractivity contribution in [3.8, 4) is 5.75 Å². The van der Waals surface area contributed by atoms with Gasteiger partial charge in [0.05, 0.1) is 7.11 Å². The van der Waals surface area contributed by atoms with Crippen molar-refractivity contribution in [3.05, 3.63) is 29.8 Å². The third kappa shape index (κ3) is 3.28. The van der Waals surface area contributed by atoms with E-state index in [-0.39, 0.29) is 5.41 Å². The first-order chi connectivity index (χ1) is 9.20. The first-order valence-corrected chi connectivity index (χ1v) is 7.18. The number of methoxy groups -OCH3 is 1. The highest BCUT2D eigenvalue weighted by atomic mass is 16.5. The zero-order valence-corrected chi connectivity index (χ0v) is 12.4. The summed E-state index contributed by atoms with van der Waals surface area (Å²) in [6.07, 6.45) is 3.71. The molecule has 2 rings (SSSR count). The Bertz CT molecular complexity index is 407. The maximum Gasteiger partial charge on any atom is 0.119 e. The van der Waals surface area contributed by atoms with Crippen LogP contribution < -0.4 is 10.1 Å². The maximum absolute atomic E-state index is 5.39. The summed E-state index contributed by atoms with van der Waals surface area (Å²) in [6, 6.07) is 8.60. The highest BCUT2D eigenvalue weighted by Gasteiger charge is 2.33. The molecule has 19 heavy (non-hydrogen) atoms. The Labute approximate surface area is 116 Å². The lowest BCUT2D eigenvalue weighted by Gasteiger charge is -2.33. The molecule has 1 saturated heterocycles. The number of benzene rings is 1. The van der Waals surface area contributed by atoms with Crippen LogP contribution >= 0.6 is 0 Å². The number of likely N-dealkylation sites (tertiary alicyclic amines) is 1. The quantitative estimate of drug-likeness (QED) is 0.901. The van der Waals surface area contributed by atoms with E-state index in [1.54, 1.807) is 7.11 Å². The van der Waals surface area contributed by atoms with Gasteiger partial charge in [-0.1, -0.05) is 12.1 Å². The van der Waals surface area contributed by atoms with E-state index in [1.807, 2.05) is 6.07 Å². The van der Waals surface area contributed by atoms with Gasteiger partial charge in [0.15, 0.2) is 0 Å². The van der Waals surface area contributed by atoms with Gasteiger partial charge in [-0.2, -0.15) is 0 Å². The highest BCUT2D eigenvalue weighted by molar-refractivity contribution is 5.34. The molecule has 1 aromatic carbocycles. The van der Waals surface area contributed by atoms with Crippen molar-refractivity contribution < 1.29 is 4.74 Å². The zero-order chi connectivity index (χ0) is 13.7. The van der Waals surface area contributed by atoms with Gasteiger partial charge in [0.25, 0.3) is 0 Å². The topological polar surface area (TPSA) is 24.5 Å². The van der Waals surface area contributed by atoms with Gasteiger partial charge in [-0.15, -0.1) is 0 Å². The minimum atomic E-state index is 0.244. The Morgan fingerprint density at radius 1 is 1.32 bits per heavy atom. The van der Waals surface area contributed by atoms with Crippen LogP contribution in [0.15, 0.2) is 24.3 Å². The number of hydrogen-bond donors (Lipinski definition) is 1. The van der Waals surface area contributed by atoms with E-state index >= 15 is 0 Å². The first-order valence-electron chi connectivity index (χ1n) is 7.18. The smallest absolute Gasteiger partial charge is 0.119 e. The molecule has 3 heteroatoms. The Morgan fingerprint density at radius 2 is 2.16 bits per heavy atom. The average molecular weight is 262 g/mol. The second kappa shape index (κ2) is 6.40. The number of rotatable bonds is 4. The summed E-state index contributed by atoms with van der Waals surface area (Å²) in [6.45, 7) is 3.41. The highest BCUT2D eigenvalue weighted by Crippen LogP contribution is 2.36. The third-order valence-corrected chi connectivity index (χ3v) is 4.36. The van der Waals surface area contributed by atoms with Crippen molar-refractivity contribution in [1.29, 1.82) is 0 Å². The minimum absolute atomic E-state index is 0.244. The molecule has 1 aliphatic heterocycles. The van der Waals surface area contributed by atoms with Crippen molar-refractivity contribution in [2.75, 3.05) is 40.8 Å². The molecular weight excluding hydrogens is 236 g/mol. The first kappa shape index (κ1) is 14.4. The van der Waals surface area contributed by atoms with E-state index in [0.29, 0.717) is 0 Å². The van der Waals surface area contributed by atoms with Crippen LogP contribution in [-0.2, 0) is 5.41 Å². The predicted molar refractivity (Wildman–Crippen MR) is 79.9 cm³/mol. The van der Waals surface area contributed by atoms with E-state index in [2.05, 4.69) is 42.5 Å². The summed E-state index contributed by atoms with van der Waals surface area (Å²) >= 11 is 0. The second-order valence-corrected chi connectivity index (χ2v) is 5.70. The lowest BCUT2D eigenvalue weighted by Crippen LogP contribution is -2.37. The lowest BCUT2D eigenvalue weighted by molar-refractivity contribution is 0.321. The van der Waals surface area contributed by atoms with Crippen molar-refractivity contribution in [2.45, 2.75) is 24.7 Å². The monoisotopic (exact) mass is 262 g/mol. The molecule has 0 spiro atoms. The van der Waals surface area contributed by atoms with Crippen molar-refractivity contribution in [2.24, 2.45) is 0 Å². The Kier molecular flexibility index (Phi) is 4.83. The normalized spacial score (nSPS) is 25.0. The average Bonchev–Trinajstić information content (AvgIpc) is 2.63. The van der Waals surface area contributed by atoms with Crippen LogP contribution in [-0.4, -0.2) is 45.7 Å². The number of hydrogen-bond acceptors (Lipinski definition) is 3. The van der Waals surface area contributed by atoms with Crippen LogP contribution in [0.5, 0.6) is 5.75 Å². The second-order valence-electron chi connectivity index (χ2n) is 5.70. The van der Waals surface area contributed by atoms with Gasteiger partial charge in [-0.3, -0.25) is 0 Å². The lowest BCUT2D eigenvalue weighted by atomic mass is 9.74. The van der Waals surface area contributed by atoms with Crippen LogP contribution in [0.4, 0.5) is 0 Å². The standard InChI is InChI=1S/C16H26N2O/c1-17-13-16(8-5-10-18(2)11-9-16)14-6-4-7-15(12-14)19-3/h4,6-7,12,17H,5,8-11,13H2,1-3H3. The van der Waals surface area contributed by atoms with Crippen molar-refractivity contribution >= 4 is 0 Å². The van der Waals surface area contributed by atoms with Crippen LogP contribution in [0.1, 0.15) is 24.8 Å². The molecular formula is C16H26N2O. The molecule has 0 bridgehead atoms. The Morgan fingerprint density at radius 3 is 2.89 bits per heavy atom. The Hall–Kier alpha value is -1.06. The molecule has 1 unspecified atom stereocenters. The van der Waals surface area contributed by atoms with Gasteiger partial charge in [-0.05, 0) is 64.1 Å². The summed E-state index contributed by atoms with van der Waals surface area (Å²) < 4.78 is 5.39. The summed E-state index contributed by atoms with van der Waals surface area (Å²) in [5.74, 6) is 0.963. The molecule has 1 fully saturated rings. The largest absolute Gasteiger partial charge is 0.497 e. The maximum atomic E-state index is 5.39. The Balaban J connectivity index is 2.31. The van der Waals surface area contributed by atoms with Crippen LogP contribution in [0.2, 0.25) is 0 Å². The number of likely N-dealkylation sites (N-methyl/N-ethyl adjacent to an activating group) is 1. The fraction of sp³-hybridized carbons (Fsp3) is 0.625. The third-order valence-electron chi connectivity index (χ3n) is 4.36.